The van der Waals surface area contributed by atoms with Gasteiger partial charge in [-0.1, -0.05) is 12.2 Å². The number of rotatable bonds is 6. The van der Waals surface area contributed by atoms with Crippen LogP contribution >= 0.6 is 0 Å². The zero-order chi connectivity index (χ0) is 10.5. The molecule has 14 heavy (non-hydrogen) atoms. The van der Waals surface area contributed by atoms with E-state index in [0.717, 1.165) is 23.9 Å². The topological polar surface area (TPSA) is 0 Å². The molecule has 2 heteroatoms. The summed E-state index contributed by atoms with van der Waals surface area (Å²) in [5.41, 5.74) is 0.248. The van der Waals surface area contributed by atoms with Gasteiger partial charge in [0.15, 0.2) is 0 Å². The molecule has 0 N–H and O–H groups in total. The van der Waals surface area contributed by atoms with Gasteiger partial charge in [-0.05, 0) is 13.8 Å². The predicted molar refractivity (Wildman–Crippen MR) is 60.7 cm³/mol. The van der Waals surface area contributed by atoms with Crippen molar-refractivity contribution in [2.24, 2.45) is 0 Å². The van der Waals surface area contributed by atoms with Crippen molar-refractivity contribution in [3.8, 4) is 0 Å². The van der Waals surface area contributed by atoms with E-state index in [1.807, 2.05) is 12.2 Å². The van der Waals surface area contributed by atoms with E-state index >= 15 is 0 Å². The number of quaternary nitrogens is 1. The van der Waals surface area contributed by atoms with Gasteiger partial charge in [0.25, 0.3) is 0 Å². The van der Waals surface area contributed by atoms with E-state index in [2.05, 4.69) is 41.1 Å². The number of nitrogens with zero attached hydrogens (tertiary/aromatic N) is 1. The molecule has 0 aliphatic heterocycles. The van der Waals surface area contributed by atoms with Gasteiger partial charge in [0.1, 0.15) is 5.54 Å². The first-order valence-corrected chi connectivity index (χ1v) is 4.98. The molecule has 1 nitrogen and oxygen atoms in total. The Kier molecular flexibility index (Phi) is 7.84. The predicted octanol–water partition coefficient (Wildman–Crippen LogP) is -0.00240. The van der Waals surface area contributed by atoms with Gasteiger partial charge >= 0.3 is 0 Å². The molecule has 0 bridgehead atoms. The minimum atomic E-state index is 0. The first-order chi connectivity index (χ1) is 5.93. The summed E-state index contributed by atoms with van der Waals surface area (Å²) in [6.45, 7) is 13.3. The van der Waals surface area contributed by atoms with Crippen LogP contribution < -0.4 is 24.0 Å². The Labute approximate surface area is 106 Å². The summed E-state index contributed by atoms with van der Waals surface area (Å²) in [6, 6.07) is 0. The Hall–Kier alpha value is 0.170. The van der Waals surface area contributed by atoms with Gasteiger partial charge in [0.2, 0.25) is 0 Å². The monoisotopic (exact) mass is 309 g/mol. The van der Waals surface area contributed by atoms with E-state index in [0.29, 0.717) is 0 Å². The van der Waals surface area contributed by atoms with Crippen molar-refractivity contribution in [3.05, 3.63) is 25.3 Å². The quantitative estimate of drug-likeness (QED) is 0.368. The fourth-order valence-corrected chi connectivity index (χ4v) is 1.58. The molecule has 0 spiro atoms. The van der Waals surface area contributed by atoms with Crippen molar-refractivity contribution < 1.29 is 28.5 Å². The number of hydrogen-bond acceptors (Lipinski definition) is 0. The molecule has 0 aromatic rings. The highest BCUT2D eigenvalue weighted by Crippen LogP contribution is 2.28. The second-order valence-electron chi connectivity index (χ2n) is 4.48. The van der Waals surface area contributed by atoms with Crippen LogP contribution in [0.3, 0.4) is 0 Å². The van der Waals surface area contributed by atoms with Gasteiger partial charge in [-0.25, -0.2) is 0 Å². The molecule has 0 heterocycles. The first kappa shape index (κ1) is 16.6. The molecule has 0 aliphatic rings. The van der Waals surface area contributed by atoms with E-state index in [4.69, 9.17) is 0 Å². The van der Waals surface area contributed by atoms with Crippen molar-refractivity contribution in [1.29, 1.82) is 0 Å². The van der Waals surface area contributed by atoms with Crippen LogP contribution in [0.1, 0.15) is 26.7 Å². The molecule has 0 atom stereocenters. The molecule has 0 aromatic heterocycles. The van der Waals surface area contributed by atoms with Crippen molar-refractivity contribution in [3.63, 3.8) is 0 Å². The molecular formula is C12H24IN. The van der Waals surface area contributed by atoms with Crippen LogP contribution in [0.2, 0.25) is 0 Å². The Morgan fingerprint density at radius 1 is 1.14 bits per heavy atom. The summed E-state index contributed by atoms with van der Waals surface area (Å²) in [5.74, 6) is 0. The minimum absolute atomic E-state index is 0. The average Bonchev–Trinajstić information content (AvgIpc) is 2.05. The van der Waals surface area contributed by atoms with Crippen LogP contribution in [0.25, 0.3) is 0 Å². The number of hydrogen-bond donors (Lipinski definition) is 0. The van der Waals surface area contributed by atoms with Gasteiger partial charge in [0.05, 0.1) is 20.6 Å². The maximum atomic E-state index is 3.83. The summed E-state index contributed by atoms with van der Waals surface area (Å²) in [5, 5.41) is 0. The average molecular weight is 309 g/mol. The highest BCUT2D eigenvalue weighted by molar-refractivity contribution is 4.90. The molecule has 0 amide bonds. The van der Waals surface area contributed by atoms with Gasteiger partial charge < -0.3 is 28.5 Å². The summed E-state index contributed by atoms with van der Waals surface area (Å²) in [7, 11) is 4.54. The molecule has 0 fully saturated rings. The molecule has 0 aliphatic carbocycles. The summed E-state index contributed by atoms with van der Waals surface area (Å²) in [4.78, 5) is 0. The van der Waals surface area contributed by atoms with Crippen molar-refractivity contribution in [2.45, 2.75) is 32.2 Å². The third kappa shape index (κ3) is 3.73. The highest BCUT2D eigenvalue weighted by atomic mass is 127. The largest absolute Gasteiger partial charge is 1.00 e. The smallest absolute Gasteiger partial charge is 0.103 e. The van der Waals surface area contributed by atoms with Gasteiger partial charge in [-0.15, -0.1) is 13.2 Å². The van der Waals surface area contributed by atoms with Gasteiger partial charge in [-0.2, -0.15) is 0 Å². The van der Waals surface area contributed by atoms with E-state index in [-0.39, 0.29) is 29.5 Å². The summed E-state index contributed by atoms with van der Waals surface area (Å²) < 4.78 is 1.02. The molecule has 0 saturated heterocycles. The maximum absolute atomic E-state index is 3.83. The zero-order valence-electron chi connectivity index (χ0n) is 10.0. The van der Waals surface area contributed by atoms with Crippen molar-refractivity contribution in [1.82, 2.24) is 0 Å². The second kappa shape index (κ2) is 6.62. The van der Waals surface area contributed by atoms with Gasteiger partial charge in [-0.3, -0.25) is 0 Å². The lowest BCUT2D eigenvalue weighted by Crippen LogP contribution is -3.00. The van der Waals surface area contributed by atoms with Crippen LogP contribution in [-0.2, 0) is 0 Å². The maximum Gasteiger partial charge on any atom is 0.103 e. The molecule has 0 radical (unpaired) electrons. The second-order valence-corrected chi connectivity index (χ2v) is 4.48. The number of halogens is 1. The summed E-state index contributed by atoms with van der Waals surface area (Å²) >= 11 is 0. The van der Waals surface area contributed by atoms with Gasteiger partial charge in [0, 0.05) is 12.8 Å². The summed E-state index contributed by atoms with van der Waals surface area (Å²) in [6.07, 6.45) is 6.11. The Morgan fingerprint density at radius 3 is 1.71 bits per heavy atom. The Balaban J connectivity index is 0. The van der Waals surface area contributed by atoms with E-state index in [1.165, 1.54) is 0 Å². The molecule has 0 aromatic carbocycles. The lowest BCUT2D eigenvalue weighted by atomic mass is 9.89. The third-order valence-electron chi connectivity index (χ3n) is 3.42. The first-order valence-electron chi connectivity index (χ1n) is 4.98. The zero-order valence-corrected chi connectivity index (χ0v) is 12.2. The molecular weight excluding hydrogens is 285 g/mol. The van der Waals surface area contributed by atoms with Crippen molar-refractivity contribution >= 4 is 0 Å². The fourth-order valence-electron chi connectivity index (χ4n) is 1.58. The Morgan fingerprint density at radius 2 is 1.50 bits per heavy atom. The highest BCUT2D eigenvalue weighted by Gasteiger charge is 2.37. The lowest BCUT2D eigenvalue weighted by Gasteiger charge is -2.45. The van der Waals surface area contributed by atoms with Crippen molar-refractivity contribution in [2.75, 3.05) is 20.6 Å². The van der Waals surface area contributed by atoms with Crippen LogP contribution in [0.5, 0.6) is 0 Å². The van der Waals surface area contributed by atoms with Crippen LogP contribution in [0, 0.1) is 0 Å². The fraction of sp³-hybridized carbons (Fsp3) is 0.667. The van der Waals surface area contributed by atoms with Crippen LogP contribution in [0.4, 0.5) is 0 Å². The minimum Gasteiger partial charge on any atom is -1.00 e. The normalized spacial score (nSPS) is 11.7. The van der Waals surface area contributed by atoms with E-state index in [1.54, 1.807) is 0 Å². The molecule has 0 unspecified atom stereocenters. The third-order valence-corrected chi connectivity index (χ3v) is 3.42. The van der Waals surface area contributed by atoms with E-state index in [9.17, 15) is 0 Å². The molecule has 0 saturated carbocycles. The molecule has 84 valence electrons. The lowest BCUT2D eigenvalue weighted by molar-refractivity contribution is -0.937. The molecule has 0 rings (SSSR count). The SMILES string of the molecule is C=CCC(C)(CC=C)[N+](C)(C)CC.[I-]. The Bertz CT molecular complexity index is 175. The van der Waals surface area contributed by atoms with Crippen LogP contribution in [0.15, 0.2) is 25.3 Å². The van der Waals surface area contributed by atoms with Crippen LogP contribution in [-0.4, -0.2) is 30.7 Å². The standard InChI is InChI=1S/C12H24N.HI/c1-7-10-12(4,11-8-2)13(5,6)9-3;/h7-8H,1-2,9-11H2,3-6H3;1H/q+1;/p-1. The van der Waals surface area contributed by atoms with E-state index < -0.39 is 0 Å².